The average molecular weight is 402 g/mol. The van der Waals surface area contributed by atoms with Gasteiger partial charge in [0.05, 0.1) is 24.2 Å². The first-order chi connectivity index (χ1) is 13.1. The van der Waals surface area contributed by atoms with Gasteiger partial charge in [0, 0.05) is 16.5 Å². The van der Waals surface area contributed by atoms with Crippen LogP contribution in [0.3, 0.4) is 0 Å². The molecule has 7 heteroatoms. The summed E-state index contributed by atoms with van der Waals surface area (Å²) in [5.74, 6) is 0.641. The van der Waals surface area contributed by atoms with Crippen molar-refractivity contribution < 1.29 is 18.0 Å². The van der Waals surface area contributed by atoms with Crippen molar-refractivity contribution in [3.05, 3.63) is 71.2 Å². The van der Waals surface area contributed by atoms with E-state index in [1.807, 2.05) is 36.4 Å². The monoisotopic (exact) mass is 401 g/mol. The highest BCUT2D eigenvalue weighted by Crippen LogP contribution is 2.48. The largest absolute Gasteiger partial charge is 0.493 e. The van der Waals surface area contributed by atoms with Crippen LogP contribution < -0.4 is 4.74 Å². The van der Waals surface area contributed by atoms with E-state index in [-0.39, 0.29) is 10.8 Å². The Morgan fingerprint density at radius 1 is 0.963 bits per heavy atom. The summed E-state index contributed by atoms with van der Waals surface area (Å²) in [4.78, 5) is 5.84. The molecule has 5 nitrogen and oxygen atoms in total. The molecule has 2 aliphatic heterocycles. The Morgan fingerprint density at radius 2 is 1.74 bits per heavy atom. The molecule has 0 aliphatic carbocycles. The second-order valence-electron chi connectivity index (χ2n) is 6.72. The molecule has 0 radical (unpaired) electrons. The normalized spacial score (nSPS) is 22.3. The molecule has 3 aromatic rings. The molecule has 27 heavy (non-hydrogen) atoms. The number of ether oxygens (including phenoxy) is 1. The van der Waals surface area contributed by atoms with E-state index in [0.29, 0.717) is 24.0 Å². The van der Waals surface area contributed by atoms with Crippen molar-refractivity contribution >= 4 is 32.4 Å². The smallest absolute Gasteiger partial charge is 0.265 e. The van der Waals surface area contributed by atoms with E-state index in [9.17, 15) is 8.42 Å². The molecule has 1 saturated heterocycles. The van der Waals surface area contributed by atoms with Crippen LogP contribution in [0.1, 0.15) is 11.6 Å². The standard InChI is InChI=1S/C20H16ClNO4S/c21-15-6-8-16(9-7-15)27(23,24)22-20-14(12-26-22)11-25-18-10-5-13-3-1-2-4-17(13)19(18)20/h1-10,14,20H,11-12H2/t14-,20+/m0/s1. The third-order valence-electron chi connectivity index (χ3n) is 5.12. The van der Waals surface area contributed by atoms with Crippen LogP contribution in [-0.4, -0.2) is 26.1 Å². The van der Waals surface area contributed by atoms with Crippen LogP contribution in [0, 0.1) is 5.92 Å². The summed E-state index contributed by atoms with van der Waals surface area (Å²) < 4.78 is 33.6. The minimum Gasteiger partial charge on any atom is -0.493 e. The summed E-state index contributed by atoms with van der Waals surface area (Å²) in [6.45, 7) is 0.711. The molecule has 0 saturated carbocycles. The van der Waals surface area contributed by atoms with E-state index in [0.717, 1.165) is 20.8 Å². The number of sulfonamides is 1. The lowest BCUT2D eigenvalue weighted by Crippen LogP contribution is -2.35. The lowest BCUT2D eigenvalue weighted by atomic mass is 9.89. The zero-order valence-electron chi connectivity index (χ0n) is 14.2. The van der Waals surface area contributed by atoms with E-state index in [1.54, 1.807) is 12.1 Å². The van der Waals surface area contributed by atoms with Crippen LogP contribution in [0.15, 0.2) is 65.6 Å². The highest BCUT2D eigenvalue weighted by Gasteiger charge is 2.48. The summed E-state index contributed by atoms with van der Waals surface area (Å²) >= 11 is 5.91. The van der Waals surface area contributed by atoms with E-state index in [1.165, 1.54) is 12.1 Å². The molecule has 0 amide bonds. The van der Waals surface area contributed by atoms with Gasteiger partial charge in [-0.3, -0.25) is 4.84 Å². The Hall–Kier alpha value is -2.12. The van der Waals surface area contributed by atoms with Gasteiger partial charge in [0.25, 0.3) is 10.0 Å². The number of halogens is 1. The zero-order valence-corrected chi connectivity index (χ0v) is 15.8. The summed E-state index contributed by atoms with van der Waals surface area (Å²) in [6, 6.07) is 17.5. The van der Waals surface area contributed by atoms with E-state index >= 15 is 0 Å². The van der Waals surface area contributed by atoms with Crippen LogP contribution in [0.25, 0.3) is 10.8 Å². The average Bonchev–Trinajstić information content (AvgIpc) is 3.13. The second kappa shape index (κ2) is 6.21. The summed E-state index contributed by atoms with van der Waals surface area (Å²) in [6.07, 6.45) is 0. The van der Waals surface area contributed by atoms with Crippen molar-refractivity contribution in [3.8, 4) is 5.75 Å². The third-order valence-corrected chi connectivity index (χ3v) is 7.04. The minimum atomic E-state index is -3.84. The molecule has 0 N–H and O–H groups in total. The van der Waals surface area contributed by atoms with Gasteiger partial charge in [-0.1, -0.05) is 46.4 Å². The predicted octanol–water partition coefficient (Wildman–Crippen LogP) is 4.18. The topological polar surface area (TPSA) is 55.8 Å². The molecule has 0 unspecified atom stereocenters. The van der Waals surface area contributed by atoms with Crippen molar-refractivity contribution in [1.29, 1.82) is 0 Å². The highest BCUT2D eigenvalue weighted by molar-refractivity contribution is 7.89. The molecular weight excluding hydrogens is 386 g/mol. The minimum absolute atomic E-state index is 0.0645. The number of nitrogens with zero attached hydrogens (tertiary/aromatic N) is 1. The summed E-state index contributed by atoms with van der Waals surface area (Å²) in [7, 11) is -3.84. The van der Waals surface area contributed by atoms with Crippen LogP contribution in [0.5, 0.6) is 5.75 Å². The van der Waals surface area contributed by atoms with Crippen LogP contribution in [0.2, 0.25) is 5.02 Å². The molecule has 0 bridgehead atoms. The van der Waals surface area contributed by atoms with Crippen LogP contribution >= 0.6 is 11.6 Å². The number of fused-ring (bicyclic) bond motifs is 5. The molecule has 0 aromatic heterocycles. The van der Waals surface area contributed by atoms with Crippen molar-refractivity contribution in [3.63, 3.8) is 0 Å². The zero-order chi connectivity index (χ0) is 18.6. The number of hydrogen-bond acceptors (Lipinski definition) is 4. The molecule has 5 rings (SSSR count). The summed E-state index contributed by atoms with van der Waals surface area (Å²) in [5, 5.41) is 2.50. The first-order valence-electron chi connectivity index (χ1n) is 8.63. The van der Waals surface area contributed by atoms with Crippen LogP contribution in [-0.2, 0) is 14.9 Å². The maximum atomic E-state index is 13.3. The summed E-state index contributed by atoms with van der Waals surface area (Å²) in [5.41, 5.74) is 0.861. The molecule has 138 valence electrons. The maximum Gasteiger partial charge on any atom is 0.265 e. The SMILES string of the molecule is O=S(=O)(c1ccc(Cl)cc1)N1OC[C@@H]2COc3ccc4ccccc4c3[C@@H]21. The number of hydrogen-bond donors (Lipinski definition) is 0. The fourth-order valence-electron chi connectivity index (χ4n) is 3.83. The molecule has 2 heterocycles. The fraction of sp³-hybridized carbons (Fsp3) is 0.200. The highest BCUT2D eigenvalue weighted by atomic mass is 35.5. The number of rotatable bonds is 2. The second-order valence-corrected chi connectivity index (χ2v) is 8.94. The van der Waals surface area contributed by atoms with E-state index in [4.69, 9.17) is 21.2 Å². The molecule has 0 spiro atoms. The van der Waals surface area contributed by atoms with Crippen molar-refractivity contribution in [2.45, 2.75) is 10.9 Å². The van der Waals surface area contributed by atoms with Crippen LogP contribution in [0.4, 0.5) is 0 Å². The Morgan fingerprint density at radius 3 is 2.56 bits per heavy atom. The van der Waals surface area contributed by atoms with Gasteiger partial charge in [0.2, 0.25) is 0 Å². The van der Waals surface area contributed by atoms with Gasteiger partial charge in [-0.2, -0.15) is 0 Å². The van der Waals surface area contributed by atoms with Gasteiger partial charge in [-0.05, 0) is 41.1 Å². The van der Waals surface area contributed by atoms with Crippen molar-refractivity contribution in [1.82, 2.24) is 4.47 Å². The molecule has 3 aromatic carbocycles. The van der Waals surface area contributed by atoms with Crippen molar-refractivity contribution in [2.24, 2.45) is 5.92 Å². The predicted molar refractivity (Wildman–Crippen MR) is 102 cm³/mol. The lowest BCUT2D eigenvalue weighted by Gasteiger charge is -2.32. The van der Waals surface area contributed by atoms with Gasteiger partial charge in [0.1, 0.15) is 5.75 Å². The lowest BCUT2D eigenvalue weighted by molar-refractivity contribution is -0.0499. The van der Waals surface area contributed by atoms with Crippen molar-refractivity contribution in [2.75, 3.05) is 13.2 Å². The third kappa shape index (κ3) is 2.63. The van der Waals surface area contributed by atoms with E-state index in [2.05, 4.69) is 0 Å². The quantitative estimate of drug-likeness (QED) is 0.646. The number of benzene rings is 3. The van der Waals surface area contributed by atoms with Gasteiger partial charge < -0.3 is 4.74 Å². The fourth-order valence-corrected chi connectivity index (χ4v) is 5.42. The molecule has 2 aliphatic rings. The van der Waals surface area contributed by atoms with Gasteiger partial charge >= 0.3 is 0 Å². The Labute approximate surface area is 162 Å². The Kier molecular flexibility index (Phi) is 3.91. The number of hydroxylamine groups is 1. The van der Waals surface area contributed by atoms with Gasteiger partial charge in [-0.15, -0.1) is 0 Å². The molecular formula is C20H16ClNO4S. The maximum absolute atomic E-state index is 13.3. The van der Waals surface area contributed by atoms with Gasteiger partial charge in [0.15, 0.2) is 0 Å². The Balaban J connectivity index is 1.67. The molecule has 2 atom stereocenters. The molecule has 1 fully saturated rings. The van der Waals surface area contributed by atoms with Gasteiger partial charge in [-0.25, -0.2) is 8.42 Å². The first kappa shape index (κ1) is 17.0. The Bertz CT molecular complexity index is 1130. The van der Waals surface area contributed by atoms with E-state index < -0.39 is 16.1 Å². The first-order valence-corrected chi connectivity index (χ1v) is 10.4.